The molecular formula is C13H27BOSi. The van der Waals surface area contributed by atoms with Gasteiger partial charge in [-0.3, -0.25) is 0 Å². The van der Waals surface area contributed by atoms with E-state index in [-0.39, 0.29) is 0 Å². The van der Waals surface area contributed by atoms with Crippen molar-refractivity contribution in [2.24, 2.45) is 0 Å². The van der Waals surface area contributed by atoms with E-state index in [2.05, 4.69) is 47.8 Å². The minimum absolute atomic E-state index is 0.324. The molecule has 1 atom stereocenters. The Balaban J connectivity index is 2.67. The molecule has 0 fully saturated rings. The summed E-state index contributed by atoms with van der Waals surface area (Å²) in [5, 5.41) is 0.324. The van der Waals surface area contributed by atoms with Crippen LogP contribution in [0.1, 0.15) is 40.0 Å². The highest BCUT2D eigenvalue weighted by molar-refractivity contribution is 6.74. The second kappa shape index (κ2) is 5.09. The molecule has 3 heteroatoms. The summed E-state index contributed by atoms with van der Waals surface area (Å²) in [6.07, 6.45) is 7.79. The summed E-state index contributed by atoms with van der Waals surface area (Å²) in [7, 11) is 0.671. The van der Waals surface area contributed by atoms with Crippen LogP contribution in [-0.4, -0.2) is 22.3 Å². The molecule has 16 heavy (non-hydrogen) atoms. The predicted molar refractivity (Wildman–Crippen MR) is 77.4 cm³/mol. The van der Waals surface area contributed by atoms with Crippen LogP contribution in [0.2, 0.25) is 24.5 Å². The molecule has 1 unspecified atom stereocenters. The van der Waals surface area contributed by atoms with Crippen LogP contribution in [0.3, 0.4) is 0 Å². The first kappa shape index (κ1) is 14.0. The van der Waals surface area contributed by atoms with Crippen molar-refractivity contribution >= 4 is 16.2 Å². The van der Waals surface area contributed by atoms with Crippen LogP contribution in [0.15, 0.2) is 11.6 Å². The molecule has 0 aromatic carbocycles. The summed E-state index contributed by atoms with van der Waals surface area (Å²) in [6, 6.07) is 0. The third-order valence-corrected chi connectivity index (χ3v) is 8.62. The minimum Gasteiger partial charge on any atom is -0.411 e. The molecule has 0 saturated carbocycles. The van der Waals surface area contributed by atoms with Gasteiger partial charge in [0.1, 0.15) is 7.85 Å². The molecule has 1 aliphatic carbocycles. The maximum atomic E-state index is 6.44. The first-order valence-electron chi connectivity index (χ1n) is 6.63. The summed E-state index contributed by atoms with van der Waals surface area (Å²) in [4.78, 5) is 0. The molecule has 0 N–H and O–H groups in total. The first-order valence-corrected chi connectivity index (χ1v) is 9.54. The fourth-order valence-electron chi connectivity index (χ4n) is 1.90. The van der Waals surface area contributed by atoms with Gasteiger partial charge in [0, 0.05) is 0 Å². The van der Waals surface area contributed by atoms with Gasteiger partial charge in [-0.15, -0.1) is 0 Å². The third kappa shape index (κ3) is 3.49. The Morgan fingerprint density at radius 3 is 2.56 bits per heavy atom. The van der Waals surface area contributed by atoms with Gasteiger partial charge < -0.3 is 4.43 Å². The Bertz CT molecular complexity index is 266. The Morgan fingerprint density at radius 1 is 1.44 bits per heavy atom. The molecule has 1 aliphatic rings. The third-order valence-electron chi connectivity index (χ3n) is 4.11. The van der Waals surface area contributed by atoms with Crippen LogP contribution in [-0.2, 0) is 4.43 Å². The van der Waals surface area contributed by atoms with Gasteiger partial charge in [0.2, 0.25) is 0 Å². The summed E-state index contributed by atoms with van der Waals surface area (Å²) >= 11 is 0. The summed E-state index contributed by atoms with van der Waals surface area (Å²) in [5.74, 6) is 0. The van der Waals surface area contributed by atoms with Crippen molar-refractivity contribution < 1.29 is 4.43 Å². The standard InChI is InChI=1S/C13H27BOSi/c1-13(2,3)16(4,5)15-12-8-6-7-11(9-12)10-14/h9,12H,6-8,10,14H2,1-5H3. The highest BCUT2D eigenvalue weighted by Crippen LogP contribution is 2.38. The predicted octanol–water partition coefficient (Wildman–Crippen LogP) is 3.54. The Hall–Kier alpha value is -0.0182. The first-order chi connectivity index (χ1) is 7.26. The van der Waals surface area contributed by atoms with E-state index in [1.54, 1.807) is 5.57 Å². The zero-order valence-corrected chi connectivity index (χ0v) is 12.9. The van der Waals surface area contributed by atoms with E-state index in [0.29, 0.717) is 11.1 Å². The van der Waals surface area contributed by atoms with Crippen molar-refractivity contribution in [2.75, 3.05) is 0 Å². The topological polar surface area (TPSA) is 9.23 Å². The van der Waals surface area contributed by atoms with Gasteiger partial charge in [-0.25, -0.2) is 0 Å². The molecule has 0 amide bonds. The molecule has 0 aromatic heterocycles. The van der Waals surface area contributed by atoms with Gasteiger partial charge >= 0.3 is 0 Å². The fraction of sp³-hybridized carbons (Fsp3) is 0.846. The van der Waals surface area contributed by atoms with Crippen LogP contribution in [0, 0.1) is 0 Å². The zero-order chi connectivity index (χ0) is 12.4. The SMILES string of the molecule is BCC1=CC(O[Si](C)(C)C(C)(C)C)CCC1. The second-order valence-corrected chi connectivity index (χ2v) is 11.2. The van der Waals surface area contributed by atoms with E-state index < -0.39 is 8.32 Å². The van der Waals surface area contributed by atoms with Crippen molar-refractivity contribution in [2.45, 2.75) is 70.6 Å². The van der Waals surface area contributed by atoms with E-state index in [0.717, 1.165) is 0 Å². The van der Waals surface area contributed by atoms with Gasteiger partial charge in [-0.05, 0) is 37.4 Å². The van der Waals surface area contributed by atoms with Crippen molar-refractivity contribution in [1.82, 2.24) is 0 Å². The lowest BCUT2D eigenvalue weighted by Gasteiger charge is -2.39. The van der Waals surface area contributed by atoms with Crippen molar-refractivity contribution in [3.63, 3.8) is 0 Å². The molecule has 0 radical (unpaired) electrons. The quantitative estimate of drug-likeness (QED) is 0.539. The number of rotatable bonds is 3. The van der Waals surface area contributed by atoms with Crippen molar-refractivity contribution in [3.8, 4) is 0 Å². The Kier molecular flexibility index (Phi) is 4.47. The highest BCUT2D eigenvalue weighted by atomic mass is 28.4. The maximum Gasteiger partial charge on any atom is 0.192 e. The van der Waals surface area contributed by atoms with Crippen molar-refractivity contribution in [3.05, 3.63) is 11.6 Å². The largest absolute Gasteiger partial charge is 0.411 e. The summed E-state index contributed by atoms with van der Waals surface area (Å²) in [6.45, 7) is 11.6. The van der Waals surface area contributed by atoms with E-state index in [1.807, 2.05) is 0 Å². The van der Waals surface area contributed by atoms with Crippen LogP contribution in [0.5, 0.6) is 0 Å². The molecule has 0 bridgehead atoms. The van der Waals surface area contributed by atoms with Crippen LogP contribution >= 0.6 is 0 Å². The molecule has 0 aromatic rings. The summed E-state index contributed by atoms with van der Waals surface area (Å²) in [5.41, 5.74) is 1.59. The smallest absolute Gasteiger partial charge is 0.192 e. The lowest BCUT2D eigenvalue weighted by Crippen LogP contribution is -2.43. The molecular weight excluding hydrogens is 211 g/mol. The van der Waals surface area contributed by atoms with E-state index >= 15 is 0 Å². The molecule has 0 saturated heterocycles. The second-order valence-electron chi connectivity index (χ2n) is 6.49. The average Bonchev–Trinajstić information content (AvgIpc) is 2.15. The van der Waals surface area contributed by atoms with E-state index in [9.17, 15) is 0 Å². The molecule has 0 aliphatic heterocycles. The monoisotopic (exact) mass is 238 g/mol. The van der Waals surface area contributed by atoms with Gasteiger partial charge in [0.05, 0.1) is 6.10 Å². The van der Waals surface area contributed by atoms with Crippen molar-refractivity contribution in [1.29, 1.82) is 0 Å². The van der Waals surface area contributed by atoms with Gasteiger partial charge in [0.15, 0.2) is 8.32 Å². The molecule has 0 spiro atoms. The normalized spacial score (nSPS) is 23.1. The molecule has 1 rings (SSSR count). The van der Waals surface area contributed by atoms with Crippen LogP contribution < -0.4 is 0 Å². The summed E-state index contributed by atoms with van der Waals surface area (Å²) < 4.78 is 6.44. The molecule has 92 valence electrons. The number of hydrogen-bond acceptors (Lipinski definition) is 1. The molecule has 0 heterocycles. The van der Waals surface area contributed by atoms with E-state index in [4.69, 9.17) is 4.43 Å². The maximum absolute atomic E-state index is 6.44. The van der Waals surface area contributed by atoms with Crippen LogP contribution in [0.4, 0.5) is 0 Å². The average molecular weight is 238 g/mol. The zero-order valence-electron chi connectivity index (χ0n) is 11.9. The van der Waals surface area contributed by atoms with Gasteiger partial charge in [-0.2, -0.15) is 0 Å². The van der Waals surface area contributed by atoms with Crippen LogP contribution in [0.25, 0.3) is 0 Å². The highest BCUT2D eigenvalue weighted by Gasteiger charge is 2.38. The number of hydrogen-bond donors (Lipinski definition) is 0. The fourth-order valence-corrected chi connectivity index (χ4v) is 3.20. The lowest BCUT2D eigenvalue weighted by atomic mass is 9.88. The van der Waals surface area contributed by atoms with Gasteiger partial charge in [-0.1, -0.05) is 38.7 Å². The molecule has 1 nitrogen and oxygen atoms in total. The van der Waals surface area contributed by atoms with Gasteiger partial charge in [0.25, 0.3) is 0 Å². The Labute approximate surface area is 103 Å². The lowest BCUT2D eigenvalue weighted by molar-refractivity contribution is 0.205. The Morgan fingerprint density at radius 2 is 2.06 bits per heavy atom. The number of allylic oxidation sites excluding steroid dienone is 1. The van der Waals surface area contributed by atoms with E-state index in [1.165, 1.54) is 25.6 Å². The minimum atomic E-state index is -1.58.